The summed E-state index contributed by atoms with van der Waals surface area (Å²) in [5.74, 6) is 0.891. The first kappa shape index (κ1) is 28.1. The van der Waals surface area contributed by atoms with Gasteiger partial charge in [0.1, 0.15) is 18.1 Å². The molecule has 0 atom stereocenters. The second kappa shape index (κ2) is 13.1. The molecule has 0 bridgehead atoms. The van der Waals surface area contributed by atoms with E-state index < -0.39 is 6.03 Å². The molecule has 0 radical (unpaired) electrons. The number of imide groups is 1. The van der Waals surface area contributed by atoms with Crippen LogP contribution in [0.15, 0.2) is 45.9 Å². The van der Waals surface area contributed by atoms with Crippen molar-refractivity contribution in [1.82, 2.24) is 19.7 Å². The van der Waals surface area contributed by atoms with Crippen LogP contribution in [0.3, 0.4) is 0 Å². The first-order valence-corrected chi connectivity index (χ1v) is 11.0. The predicted molar refractivity (Wildman–Crippen MR) is 135 cm³/mol. The minimum atomic E-state index is -0.416. The lowest BCUT2D eigenvalue weighted by Gasteiger charge is -2.33. The van der Waals surface area contributed by atoms with Crippen LogP contribution in [0.2, 0.25) is 5.02 Å². The average molecular weight is 533 g/mol. The van der Waals surface area contributed by atoms with Crippen molar-refractivity contribution in [3.63, 3.8) is 0 Å². The minimum absolute atomic E-state index is 0. The van der Waals surface area contributed by atoms with Crippen LogP contribution in [0.4, 0.5) is 4.79 Å². The highest BCUT2D eigenvalue weighted by atomic mass is 35.5. The van der Waals surface area contributed by atoms with Gasteiger partial charge in [-0.05, 0) is 49.4 Å². The highest BCUT2D eigenvalue weighted by Gasteiger charge is 2.35. The summed E-state index contributed by atoms with van der Waals surface area (Å²) in [4.78, 5) is 30.4. The molecule has 3 heterocycles. The van der Waals surface area contributed by atoms with E-state index in [2.05, 4.69) is 10.0 Å². The first-order valence-electron chi connectivity index (χ1n) is 10.6. The first-order chi connectivity index (χ1) is 15.5. The molecule has 0 aliphatic carbocycles. The molecular weight excluding hydrogens is 505 g/mol. The molecule has 4 rings (SSSR count). The molecule has 186 valence electrons. The van der Waals surface area contributed by atoms with Crippen LogP contribution in [0.5, 0.6) is 0 Å². The van der Waals surface area contributed by atoms with Crippen LogP contribution < -0.4 is 0 Å². The number of carbonyl (C=O) groups excluding carboxylic acids is 2. The fraction of sp³-hybridized carbons (Fsp3) is 0.409. The van der Waals surface area contributed by atoms with E-state index in [4.69, 9.17) is 21.1 Å². The topological polar surface area (TPSA) is 92.8 Å². The molecule has 2 aliphatic rings. The summed E-state index contributed by atoms with van der Waals surface area (Å²) in [7, 11) is 0. The quantitative estimate of drug-likeness (QED) is 0.415. The second-order valence-electron chi connectivity index (χ2n) is 7.79. The molecular formula is C22H28Cl3N5O4. The maximum atomic E-state index is 12.6. The van der Waals surface area contributed by atoms with Gasteiger partial charge in [0.2, 0.25) is 0 Å². The Hall–Kier alpha value is -2.14. The zero-order chi connectivity index (χ0) is 22.5. The van der Waals surface area contributed by atoms with Gasteiger partial charge in [0.25, 0.3) is 5.91 Å². The van der Waals surface area contributed by atoms with E-state index in [0.717, 1.165) is 43.3 Å². The number of hydrazone groups is 1. The van der Waals surface area contributed by atoms with Gasteiger partial charge in [-0.25, -0.2) is 9.80 Å². The number of piperazine rings is 1. The van der Waals surface area contributed by atoms with Gasteiger partial charge in [0, 0.05) is 43.3 Å². The van der Waals surface area contributed by atoms with Crippen LogP contribution in [0, 0.1) is 0 Å². The third-order valence-corrected chi connectivity index (χ3v) is 5.89. The van der Waals surface area contributed by atoms with E-state index in [1.807, 2.05) is 23.1 Å². The van der Waals surface area contributed by atoms with Crippen LogP contribution in [0.1, 0.15) is 12.2 Å². The Morgan fingerprint density at radius 2 is 1.65 bits per heavy atom. The van der Waals surface area contributed by atoms with Gasteiger partial charge >= 0.3 is 6.03 Å². The van der Waals surface area contributed by atoms with Gasteiger partial charge in [0.15, 0.2) is 0 Å². The number of rotatable bonds is 8. The molecule has 2 aliphatic heterocycles. The Morgan fingerprint density at radius 1 is 0.971 bits per heavy atom. The van der Waals surface area contributed by atoms with E-state index in [9.17, 15) is 9.59 Å². The smallest absolute Gasteiger partial charge is 0.347 e. The van der Waals surface area contributed by atoms with Gasteiger partial charge in [-0.15, -0.1) is 24.8 Å². The molecule has 0 unspecified atom stereocenters. The van der Waals surface area contributed by atoms with Crippen molar-refractivity contribution in [2.24, 2.45) is 5.10 Å². The summed E-state index contributed by atoms with van der Waals surface area (Å²) in [5.41, 5.74) is 0.880. The maximum absolute atomic E-state index is 12.6. The number of amides is 3. The van der Waals surface area contributed by atoms with Crippen molar-refractivity contribution < 1.29 is 19.1 Å². The number of aliphatic hydroxyl groups is 1. The van der Waals surface area contributed by atoms with Gasteiger partial charge in [0.05, 0.1) is 12.9 Å². The van der Waals surface area contributed by atoms with Crippen LogP contribution in [-0.4, -0.2) is 95.5 Å². The van der Waals surface area contributed by atoms with Crippen LogP contribution in [-0.2, 0) is 4.79 Å². The average Bonchev–Trinajstić information content (AvgIpc) is 3.38. The van der Waals surface area contributed by atoms with Gasteiger partial charge in [-0.2, -0.15) is 5.10 Å². The van der Waals surface area contributed by atoms with Crippen LogP contribution >= 0.6 is 36.4 Å². The van der Waals surface area contributed by atoms with Crippen molar-refractivity contribution in [3.8, 4) is 11.3 Å². The summed E-state index contributed by atoms with van der Waals surface area (Å²) in [6, 6.07) is 10.4. The Balaban J connectivity index is 0.00000204. The summed E-state index contributed by atoms with van der Waals surface area (Å²) >= 11 is 5.91. The largest absolute Gasteiger partial charge is 0.455 e. The third-order valence-electron chi connectivity index (χ3n) is 5.64. The molecule has 0 spiro atoms. The number of nitrogens with zero attached hydrogens (tertiary/aromatic N) is 5. The molecule has 3 amide bonds. The molecule has 9 nitrogen and oxygen atoms in total. The second-order valence-corrected chi connectivity index (χ2v) is 8.23. The van der Waals surface area contributed by atoms with Gasteiger partial charge in [-0.3, -0.25) is 14.6 Å². The molecule has 2 fully saturated rings. The van der Waals surface area contributed by atoms with Crippen molar-refractivity contribution in [2.75, 3.05) is 52.5 Å². The highest BCUT2D eigenvalue weighted by molar-refractivity contribution is 6.30. The standard InChI is InChI=1S/C22H26ClN5O4.2ClH/c23-18-4-2-17(3-5-18)20-7-6-19(32-20)14-24-28-15-21(30)27(22(28)31)9-1-8-25-10-12-26(16-29)13-11-25;;/h2-7,14,29H,1,8-13,15-16H2;2*1H/b24-14+;;. The summed E-state index contributed by atoms with van der Waals surface area (Å²) in [6.07, 6.45) is 2.14. The molecule has 1 aromatic carbocycles. The molecule has 2 aromatic rings. The maximum Gasteiger partial charge on any atom is 0.347 e. The predicted octanol–water partition coefficient (Wildman–Crippen LogP) is 3.00. The minimum Gasteiger partial charge on any atom is -0.455 e. The number of hydrogen-bond acceptors (Lipinski definition) is 7. The fourth-order valence-corrected chi connectivity index (χ4v) is 3.89. The summed E-state index contributed by atoms with van der Waals surface area (Å²) < 4.78 is 5.75. The van der Waals surface area contributed by atoms with Gasteiger partial charge in [-0.1, -0.05) is 11.6 Å². The highest BCUT2D eigenvalue weighted by Crippen LogP contribution is 2.23. The number of urea groups is 1. The lowest BCUT2D eigenvalue weighted by molar-refractivity contribution is -0.125. The normalized spacial score (nSPS) is 17.4. The Labute approximate surface area is 215 Å². The van der Waals surface area contributed by atoms with Crippen molar-refractivity contribution in [2.45, 2.75) is 6.42 Å². The molecule has 1 aromatic heterocycles. The lowest BCUT2D eigenvalue weighted by Crippen LogP contribution is -2.47. The number of benzene rings is 1. The number of furan rings is 1. The van der Waals surface area contributed by atoms with Crippen molar-refractivity contribution >= 4 is 54.6 Å². The van der Waals surface area contributed by atoms with E-state index >= 15 is 0 Å². The molecule has 34 heavy (non-hydrogen) atoms. The van der Waals surface area contributed by atoms with E-state index in [0.29, 0.717) is 29.5 Å². The number of halogens is 3. The lowest BCUT2D eigenvalue weighted by atomic mass is 10.2. The molecule has 0 saturated carbocycles. The van der Waals surface area contributed by atoms with Gasteiger partial charge < -0.3 is 14.4 Å². The molecule has 1 N–H and O–H groups in total. The Kier molecular flexibility index (Phi) is 10.8. The van der Waals surface area contributed by atoms with Crippen molar-refractivity contribution in [1.29, 1.82) is 0 Å². The fourth-order valence-electron chi connectivity index (χ4n) is 3.76. The molecule has 12 heteroatoms. The van der Waals surface area contributed by atoms with Crippen LogP contribution in [0.25, 0.3) is 11.3 Å². The molecule has 2 saturated heterocycles. The Bertz CT molecular complexity index is 977. The van der Waals surface area contributed by atoms with E-state index in [1.54, 1.807) is 18.2 Å². The zero-order valence-corrected chi connectivity index (χ0v) is 20.9. The number of aliphatic hydroxyl groups excluding tert-OH is 1. The van der Waals surface area contributed by atoms with E-state index in [1.165, 1.54) is 11.1 Å². The SMILES string of the molecule is Cl.Cl.O=C1CN(/N=C/c2ccc(-c3ccc(Cl)cc3)o2)C(=O)N1CCCN1CCN(CO)CC1. The zero-order valence-electron chi connectivity index (χ0n) is 18.5. The summed E-state index contributed by atoms with van der Waals surface area (Å²) in [6.45, 7) is 4.59. The van der Waals surface area contributed by atoms with Crippen molar-refractivity contribution in [3.05, 3.63) is 47.2 Å². The number of hydrogen-bond donors (Lipinski definition) is 1. The Morgan fingerprint density at radius 3 is 2.32 bits per heavy atom. The summed E-state index contributed by atoms with van der Waals surface area (Å²) in [5, 5.41) is 15.1. The monoisotopic (exact) mass is 531 g/mol. The third kappa shape index (κ3) is 6.94. The number of carbonyl (C=O) groups is 2. The van der Waals surface area contributed by atoms with E-state index in [-0.39, 0.29) is 44.0 Å².